The number of halogens is 1. The van der Waals surface area contributed by atoms with Gasteiger partial charge in [0.25, 0.3) is 0 Å². The molecule has 0 radical (unpaired) electrons. The Morgan fingerprint density at radius 1 is 0.933 bits per heavy atom. The van der Waals surface area contributed by atoms with Crippen LogP contribution < -0.4 is 17.7 Å². The molecule has 0 aromatic carbocycles. The van der Waals surface area contributed by atoms with Crippen LogP contribution in [0.2, 0.25) is 0 Å². The van der Waals surface area contributed by atoms with Crippen LogP contribution in [0.3, 0.4) is 0 Å². The molecule has 2 heteroatoms. The van der Waals surface area contributed by atoms with Crippen LogP contribution in [0.1, 0.15) is 45.4 Å². The molecule has 4 bridgehead atoms. The maximum Gasteiger partial charge on any atom is 0.0124 e. The molecule has 0 unspecified atom stereocenters. The molecule has 0 spiro atoms. The van der Waals surface area contributed by atoms with E-state index in [1.165, 1.54) is 13.0 Å². The van der Waals surface area contributed by atoms with E-state index < -0.39 is 0 Å². The normalized spacial score (nSPS) is 46.6. The van der Waals surface area contributed by atoms with Crippen molar-refractivity contribution in [2.24, 2.45) is 23.7 Å². The zero-order valence-electron chi connectivity index (χ0n) is 9.71. The first-order valence-corrected chi connectivity index (χ1v) is 6.60. The Labute approximate surface area is 99.8 Å². The van der Waals surface area contributed by atoms with E-state index in [0.29, 0.717) is 0 Å². The van der Waals surface area contributed by atoms with E-state index in [1.54, 1.807) is 32.1 Å². The minimum absolute atomic E-state index is 0. The van der Waals surface area contributed by atoms with Crippen molar-refractivity contribution in [2.75, 3.05) is 6.54 Å². The topological polar surface area (TPSA) is 12.0 Å². The summed E-state index contributed by atoms with van der Waals surface area (Å²) in [6.07, 6.45) is 9.07. The van der Waals surface area contributed by atoms with Crippen molar-refractivity contribution >= 4 is 0 Å². The molecule has 4 aliphatic carbocycles. The van der Waals surface area contributed by atoms with Crippen LogP contribution in [0.4, 0.5) is 0 Å². The molecular formula is C13H23ClN-. The molecule has 1 N–H and O–H groups in total. The average molecular weight is 229 g/mol. The lowest BCUT2D eigenvalue weighted by Crippen LogP contribution is -3.00. The van der Waals surface area contributed by atoms with E-state index in [0.717, 1.165) is 29.7 Å². The van der Waals surface area contributed by atoms with Crippen molar-refractivity contribution in [1.82, 2.24) is 5.32 Å². The van der Waals surface area contributed by atoms with Crippen molar-refractivity contribution < 1.29 is 12.4 Å². The first-order chi connectivity index (χ1) is 6.86. The quantitative estimate of drug-likeness (QED) is 0.707. The van der Waals surface area contributed by atoms with E-state index in [9.17, 15) is 0 Å². The Hall–Kier alpha value is 0.250. The van der Waals surface area contributed by atoms with Crippen molar-refractivity contribution in [1.29, 1.82) is 0 Å². The number of rotatable bonds is 3. The summed E-state index contributed by atoms with van der Waals surface area (Å²) in [7, 11) is 0. The summed E-state index contributed by atoms with van der Waals surface area (Å²) in [6.45, 7) is 3.52. The highest BCUT2D eigenvalue weighted by molar-refractivity contribution is 5.01. The lowest BCUT2D eigenvalue weighted by atomic mass is 9.54. The van der Waals surface area contributed by atoms with Gasteiger partial charge in [0.1, 0.15) is 0 Å². The van der Waals surface area contributed by atoms with E-state index in [2.05, 4.69) is 12.2 Å². The van der Waals surface area contributed by atoms with Crippen molar-refractivity contribution in [3.8, 4) is 0 Å². The van der Waals surface area contributed by atoms with Gasteiger partial charge in [-0.1, -0.05) is 6.92 Å². The van der Waals surface area contributed by atoms with Gasteiger partial charge in [0, 0.05) is 6.04 Å². The zero-order valence-corrected chi connectivity index (χ0v) is 10.5. The van der Waals surface area contributed by atoms with Gasteiger partial charge in [-0.2, -0.15) is 0 Å². The van der Waals surface area contributed by atoms with Gasteiger partial charge in [-0.15, -0.1) is 0 Å². The fourth-order valence-corrected chi connectivity index (χ4v) is 4.57. The summed E-state index contributed by atoms with van der Waals surface area (Å²) >= 11 is 0. The van der Waals surface area contributed by atoms with Crippen LogP contribution >= 0.6 is 0 Å². The van der Waals surface area contributed by atoms with Gasteiger partial charge < -0.3 is 17.7 Å². The summed E-state index contributed by atoms with van der Waals surface area (Å²) in [4.78, 5) is 0. The summed E-state index contributed by atoms with van der Waals surface area (Å²) in [5, 5.41) is 3.81. The Balaban J connectivity index is 0.000000853. The van der Waals surface area contributed by atoms with E-state index in [-0.39, 0.29) is 12.4 Å². The first-order valence-electron chi connectivity index (χ1n) is 6.60. The van der Waals surface area contributed by atoms with Crippen LogP contribution in [-0.2, 0) is 0 Å². The maximum atomic E-state index is 3.81. The van der Waals surface area contributed by atoms with Gasteiger partial charge in [0.05, 0.1) is 0 Å². The van der Waals surface area contributed by atoms with Gasteiger partial charge in [0.2, 0.25) is 0 Å². The van der Waals surface area contributed by atoms with Crippen molar-refractivity contribution in [3.63, 3.8) is 0 Å². The summed E-state index contributed by atoms with van der Waals surface area (Å²) in [6, 6.07) is 0.905. The van der Waals surface area contributed by atoms with Crippen molar-refractivity contribution in [3.05, 3.63) is 0 Å². The minimum atomic E-state index is 0. The lowest BCUT2D eigenvalue weighted by Gasteiger charge is -2.54. The van der Waals surface area contributed by atoms with Crippen molar-refractivity contribution in [2.45, 2.75) is 51.5 Å². The van der Waals surface area contributed by atoms with Gasteiger partial charge >= 0.3 is 0 Å². The van der Waals surface area contributed by atoms with Gasteiger partial charge in [-0.25, -0.2) is 0 Å². The average Bonchev–Trinajstić information content (AvgIpc) is 2.15. The highest BCUT2D eigenvalue weighted by Crippen LogP contribution is 2.53. The van der Waals surface area contributed by atoms with Crippen LogP contribution in [0.5, 0.6) is 0 Å². The molecule has 88 valence electrons. The summed E-state index contributed by atoms with van der Waals surface area (Å²) < 4.78 is 0. The molecule has 15 heavy (non-hydrogen) atoms. The first kappa shape index (κ1) is 11.7. The minimum Gasteiger partial charge on any atom is -1.00 e. The molecule has 4 saturated carbocycles. The molecule has 4 aliphatic rings. The SMILES string of the molecule is CCCNC1C2CC3CC(C2)CC1C3.[Cl-]. The van der Waals surface area contributed by atoms with Gasteiger partial charge in [-0.05, 0) is 68.7 Å². The second kappa shape index (κ2) is 4.63. The molecule has 0 aromatic heterocycles. The van der Waals surface area contributed by atoms with Crippen LogP contribution in [0, 0.1) is 23.7 Å². The third kappa shape index (κ3) is 2.06. The number of hydrogen-bond donors (Lipinski definition) is 1. The third-order valence-corrected chi connectivity index (χ3v) is 4.86. The predicted molar refractivity (Wildman–Crippen MR) is 59.1 cm³/mol. The number of hydrogen-bond acceptors (Lipinski definition) is 1. The number of nitrogens with one attached hydrogen (secondary N) is 1. The summed E-state index contributed by atoms with van der Waals surface area (Å²) in [5.41, 5.74) is 0. The summed E-state index contributed by atoms with van der Waals surface area (Å²) in [5.74, 6) is 4.35. The molecule has 4 fully saturated rings. The van der Waals surface area contributed by atoms with E-state index in [4.69, 9.17) is 0 Å². The molecule has 0 heterocycles. The molecular weight excluding hydrogens is 206 g/mol. The van der Waals surface area contributed by atoms with E-state index in [1.807, 2.05) is 0 Å². The largest absolute Gasteiger partial charge is 1.00 e. The molecule has 0 amide bonds. The Morgan fingerprint density at radius 2 is 1.47 bits per heavy atom. The molecule has 0 atom stereocenters. The third-order valence-electron chi connectivity index (χ3n) is 4.86. The van der Waals surface area contributed by atoms with Crippen LogP contribution in [0.25, 0.3) is 0 Å². The Morgan fingerprint density at radius 3 is 1.93 bits per heavy atom. The second-order valence-corrected chi connectivity index (χ2v) is 5.91. The van der Waals surface area contributed by atoms with Gasteiger partial charge in [0.15, 0.2) is 0 Å². The highest BCUT2D eigenvalue weighted by Gasteiger charge is 2.47. The smallest absolute Gasteiger partial charge is 0.0124 e. The fraction of sp³-hybridized carbons (Fsp3) is 1.00. The lowest BCUT2D eigenvalue weighted by molar-refractivity contribution is -0.0134. The monoisotopic (exact) mass is 228 g/mol. The van der Waals surface area contributed by atoms with Crippen LogP contribution in [0.15, 0.2) is 0 Å². The van der Waals surface area contributed by atoms with E-state index >= 15 is 0 Å². The van der Waals surface area contributed by atoms with Crippen LogP contribution in [-0.4, -0.2) is 12.6 Å². The Bertz CT molecular complexity index is 189. The molecule has 4 rings (SSSR count). The highest BCUT2D eigenvalue weighted by atomic mass is 35.5. The predicted octanol–water partition coefficient (Wildman–Crippen LogP) is -0.185. The molecule has 0 saturated heterocycles. The molecule has 0 aliphatic heterocycles. The molecule has 0 aromatic rings. The maximum absolute atomic E-state index is 3.81. The van der Waals surface area contributed by atoms with Gasteiger partial charge in [-0.3, -0.25) is 0 Å². The second-order valence-electron chi connectivity index (χ2n) is 5.91. The zero-order chi connectivity index (χ0) is 9.54. The standard InChI is InChI=1S/C13H23N.ClH/c1-2-3-14-13-11-5-9-4-10(7-11)8-12(13)6-9;/h9-14H,2-8H2,1H3;1H/p-1. The fourth-order valence-electron chi connectivity index (χ4n) is 4.57. The Kier molecular flexibility index (Phi) is 3.62. The molecule has 1 nitrogen and oxygen atoms in total.